The van der Waals surface area contributed by atoms with Gasteiger partial charge in [0.15, 0.2) is 0 Å². The molecule has 0 fully saturated rings. The number of aromatic carboxylic acids is 1. The lowest BCUT2D eigenvalue weighted by Crippen LogP contribution is -2.18. The van der Waals surface area contributed by atoms with E-state index in [-0.39, 0.29) is 16.9 Å². The second kappa shape index (κ2) is 5.69. The van der Waals surface area contributed by atoms with Crippen LogP contribution in [0.15, 0.2) is 35.7 Å². The molecule has 0 atom stereocenters. The van der Waals surface area contributed by atoms with E-state index in [4.69, 9.17) is 0 Å². The van der Waals surface area contributed by atoms with Crippen molar-refractivity contribution in [2.75, 3.05) is 5.32 Å². The molecule has 2 N–H and O–H groups in total. The summed E-state index contributed by atoms with van der Waals surface area (Å²) >= 11 is 1.24. The Balaban J connectivity index is 2.35. The molecule has 0 bridgehead atoms. The third kappa shape index (κ3) is 3.31. The van der Waals surface area contributed by atoms with E-state index in [0.717, 1.165) is 5.56 Å². The Hall–Kier alpha value is -2.14. The number of amides is 1. The van der Waals surface area contributed by atoms with Crippen molar-refractivity contribution in [1.82, 2.24) is 0 Å². The molecule has 0 spiro atoms. The van der Waals surface area contributed by atoms with Crippen LogP contribution in [0.25, 0.3) is 0 Å². The highest BCUT2D eigenvalue weighted by molar-refractivity contribution is 7.15. The number of carbonyl (C=O) groups is 2. The Morgan fingerprint density at radius 1 is 1.14 bits per heavy atom. The van der Waals surface area contributed by atoms with Gasteiger partial charge in [-0.2, -0.15) is 0 Å². The van der Waals surface area contributed by atoms with Gasteiger partial charge in [0.1, 0.15) is 5.00 Å². The minimum Gasteiger partial charge on any atom is -0.478 e. The van der Waals surface area contributed by atoms with Crippen molar-refractivity contribution in [2.45, 2.75) is 26.2 Å². The largest absolute Gasteiger partial charge is 0.478 e. The fourth-order valence-electron chi connectivity index (χ4n) is 1.98. The van der Waals surface area contributed by atoms with Gasteiger partial charge in [-0.15, -0.1) is 11.3 Å². The quantitative estimate of drug-likeness (QED) is 0.900. The molecule has 5 heteroatoms. The first-order valence-corrected chi connectivity index (χ1v) is 7.40. The standard InChI is InChI=1S/C16H17NO3S/c1-16(2,3)11-9-21-14(12(11)15(19)20)17-13(18)10-7-5-4-6-8-10/h4-9H,1-3H3,(H,17,18)(H,19,20). The minimum absolute atomic E-state index is 0.178. The van der Waals surface area contributed by atoms with Gasteiger partial charge < -0.3 is 10.4 Å². The maximum Gasteiger partial charge on any atom is 0.339 e. The van der Waals surface area contributed by atoms with E-state index in [0.29, 0.717) is 10.6 Å². The number of hydrogen-bond donors (Lipinski definition) is 2. The number of carboxylic acids is 1. The van der Waals surface area contributed by atoms with Gasteiger partial charge >= 0.3 is 5.97 Å². The van der Waals surface area contributed by atoms with Crippen molar-refractivity contribution in [3.05, 3.63) is 52.4 Å². The molecule has 0 aliphatic carbocycles. The van der Waals surface area contributed by atoms with Crippen LogP contribution in [0, 0.1) is 0 Å². The summed E-state index contributed by atoms with van der Waals surface area (Å²) in [5.74, 6) is -1.33. The topological polar surface area (TPSA) is 66.4 Å². The first-order chi connectivity index (χ1) is 9.80. The second-order valence-electron chi connectivity index (χ2n) is 5.73. The lowest BCUT2D eigenvalue weighted by atomic mass is 9.86. The van der Waals surface area contributed by atoms with Crippen LogP contribution >= 0.6 is 11.3 Å². The molecule has 1 aromatic carbocycles. The normalized spacial score (nSPS) is 11.2. The average Bonchev–Trinajstić information content (AvgIpc) is 2.83. The fourth-order valence-corrected chi connectivity index (χ4v) is 3.15. The molecule has 110 valence electrons. The summed E-state index contributed by atoms with van der Waals surface area (Å²) in [5.41, 5.74) is 1.11. The Morgan fingerprint density at radius 2 is 1.76 bits per heavy atom. The Kier molecular flexibility index (Phi) is 4.14. The monoisotopic (exact) mass is 303 g/mol. The molecular weight excluding hydrogens is 286 g/mol. The van der Waals surface area contributed by atoms with Crippen LogP contribution in [-0.4, -0.2) is 17.0 Å². The van der Waals surface area contributed by atoms with Crippen LogP contribution in [0.3, 0.4) is 0 Å². The zero-order valence-corrected chi connectivity index (χ0v) is 13.0. The van der Waals surface area contributed by atoms with Crippen molar-refractivity contribution in [1.29, 1.82) is 0 Å². The van der Waals surface area contributed by atoms with Crippen LogP contribution in [-0.2, 0) is 5.41 Å². The summed E-state index contributed by atoms with van der Waals surface area (Å²) in [6.07, 6.45) is 0. The smallest absolute Gasteiger partial charge is 0.339 e. The maximum atomic E-state index is 12.2. The van der Waals surface area contributed by atoms with Gasteiger partial charge in [-0.25, -0.2) is 4.79 Å². The lowest BCUT2D eigenvalue weighted by Gasteiger charge is -2.18. The van der Waals surface area contributed by atoms with Crippen molar-refractivity contribution in [3.63, 3.8) is 0 Å². The maximum absolute atomic E-state index is 12.2. The van der Waals surface area contributed by atoms with Crippen LogP contribution in [0.2, 0.25) is 0 Å². The molecule has 0 radical (unpaired) electrons. The van der Waals surface area contributed by atoms with E-state index in [1.165, 1.54) is 11.3 Å². The number of benzene rings is 1. The Morgan fingerprint density at radius 3 is 2.29 bits per heavy atom. The molecule has 0 aliphatic heterocycles. The SMILES string of the molecule is CC(C)(C)c1csc(NC(=O)c2ccccc2)c1C(=O)O. The van der Waals surface area contributed by atoms with Gasteiger partial charge in [-0.1, -0.05) is 39.0 Å². The summed E-state index contributed by atoms with van der Waals surface area (Å²) in [4.78, 5) is 23.7. The van der Waals surface area contributed by atoms with Crippen LogP contribution < -0.4 is 5.32 Å². The molecule has 4 nitrogen and oxygen atoms in total. The van der Waals surface area contributed by atoms with E-state index in [9.17, 15) is 14.7 Å². The lowest BCUT2D eigenvalue weighted by molar-refractivity contribution is 0.0696. The van der Waals surface area contributed by atoms with Crippen LogP contribution in [0.4, 0.5) is 5.00 Å². The first-order valence-electron chi connectivity index (χ1n) is 6.52. The van der Waals surface area contributed by atoms with Crippen molar-refractivity contribution >= 4 is 28.2 Å². The molecule has 0 saturated carbocycles. The van der Waals surface area contributed by atoms with Crippen molar-refractivity contribution in [2.24, 2.45) is 0 Å². The van der Waals surface area contributed by atoms with E-state index >= 15 is 0 Å². The number of carbonyl (C=O) groups excluding carboxylic acids is 1. The molecule has 0 aliphatic rings. The molecule has 2 rings (SSSR count). The van der Waals surface area contributed by atoms with E-state index in [1.807, 2.05) is 26.8 Å². The van der Waals surface area contributed by atoms with Crippen molar-refractivity contribution < 1.29 is 14.7 Å². The Labute approximate surface area is 127 Å². The van der Waals surface area contributed by atoms with Crippen LogP contribution in [0.1, 0.15) is 47.1 Å². The number of carboxylic acid groups (broad SMARTS) is 1. The van der Waals surface area contributed by atoms with Gasteiger partial charge in [0.2, 0.25) is 0 Å². The molecule has 0 unspecified atom stereocenters. The van der Waals surface area contributed by atoms with Gasteiger partial charge in [0.05, 0.1) is 5.56 Å². The van der Waals surface area contributed by atoms with Crippen LogP contribution in [0.5, 0.6) is 0 Å². The van der Waals surface area contributed by atoms with Crippen molar-refractivity contribution in [3.8, 4) is 0 Å². The zero-order valence-electron chi connectivity index (χ0n) is 12.1. The summed E-state index contributed by atoms with van der Waals surface area (Å²) in [7, 11) is 0. The van der Waals surface area contributed by atoms with E-state index in [2.05, 4.69) is 5.32 Å². The highest BCUT2D eigenvalue weighted by Gasteiger charge is 2.27. The third-order valence-electron chi connectivity index (χ3n) is 3.08. The van der Waals surface area contributed by atoms with Gasteiger partial charge in [-0.05, 0) is 28.5 Å². The van der Waals surface area contributed by atoms with E-state index < -0.39 is 5.97 Å². The predicted molar refractivity (Wildman–Crippen MR) is 84.4 cm³/mol. The summed E-state index contributed by atoms with van der Waals surface area (Å²) in [6, 6.07) is 8.73. The second-order valence-corrected chi connectivity index (χ2v) is 6.61. The van der Waals surface area contributed by atoms with Gasteiger partial charge in [0, 0.05) is 5.56 Å². The van der Waals surface area contributed by atoms with Gasteiger partial charge in [0.25, 0.3) is 5.91 Å². The number of anilines is 1. The van der Waals surface area contributed by atoms with Gasteiger partial charge in [-0.3, -0.25) is 4.79 Å². The highest BCUT2D eigenvalue weighted by atomic mass is 32.1. The minimum atomic E-state index is -1.02. The molecule has 0 saturated heterocycles. The molecule has 1 aromatic heterocycles. The zero-order chi connectivity index (χ0) is 15.6. The average molecular weight is 303 g/mol. The molecule has 1 amide bonds. The number of rotatable bonds is 3. The predicted octanol–water partition coefficient (Wildman–Crippen LogP) is 4.00. The summed E-state index contributed by atoms with van der Waals surface area (Å²) < 4.78 is 0. The molecule has 21 heavy (non-hydrogen) atoms. The number of hydrogen-bond acceptors (Lipinski definition) is 3. The Bertz CT molecular complexity index is 669. The highest BCUT2D eigenvalue weighted by Crippen LogP contribution is 2.36. The molecule has 2 aromatic rings. The summed E-state index contributed by atoms with van der Waals surface area (Å²) in [6.45, 7) is 5.85. The fraction of sp³-hybridized carbons (Fsp3) is 0.250. The molecule has 1 heterocycles. The summed E-state index contributed by atoms with van der Waals surface area (Å²) in [5, 5.41) is 14.3. The first kappa shape index (κ1) is 15.3. The molecular formula is C16H17NO3S. The number of thiophene rings is 1. The van der Waals surface area contributed by atoms with E-state index in [1.54, 1.807) is 29.6 Å². The third-order valence-corrected chi connectivity index (χ3v) is 3.97. The number of nitrogens with one attached hydrogen (secondary N) is 1.